The molecule has 0 aliphatic rings. The molecule has 2 heterocycles. The Morgan fingerprint density at radius 2 is 2.11 bits per heavy atom. The van der Waals surface area contributed by atoms with Gasteiger partial charge in [-0.2, -0.15) is 0 Å². The number of rotatable bonds is 9. The fourth-order valence-corrected chi connectivity index (χ4v) is 2.26. The number of aromatic nitrogens is 4. The lowest BCUT2D eigenvalue weighted by atomic mass is 10.2. The number of imidazole rings is 1. The fourth-order valence-electron chi connectivity index (χ4n) is 2.26. The minimum Gasteiger partial charge on any atom is -0.444 e. The second-order valence-electron chi connectivity index (χ2n) is 7.30. The van der Waals surface area contributed by atoms with Crippen LogP contribution in [0.1, 0.15) is 20.8 Å². The van der Waals surface area contributed by atoms with Gasteiger partial charge >= 0.3 is 6.09 Å². The van der Waals surface area contributed by atoms with Crippen molar-refractivity contribution in [3.63, 3.8) is 0 Å². The Morgan fingerprint density at radius 1 is 1.32 bits per heavy atom. The van der Waals surface area contributed by atoms with Crippen LogP contribution in [0.2, 0.25) is 0 Å². The highest BCUT2D eigenvalue weighted by Gasteiger charge is 2.15. The van der Waals surface area contributed by atoms with Crippen molar-refractivity contribution in [2.75, 3.05) is 39.0 Å². The Kier molecular flexibility index (Phi) is 7.70. The van der Waals surface area contributed by atoms with E-state index in [9.17, 15) is 4.79 Å². The van der Waals surface area contributed by atoms with Crippen LogP contribution in [0.25, 0.3) is 11.2 Å². The predicted molar refractivity (Wildman–Crippen MR) is 107 cm³/mol. The molecular formula is C18H29N7O3. The highest BCUT2D eigenvalue weighted by atomic mass is 16.6. The number of hydrogen-bond acceptors (Lipinski definition) is 8. The Morgan fingerprint density at radius 3 is 2.86 bits per heavy atom. The standard InChI is InChI=1S/C18H29N7O3/c1-18(2,3)28-17(26)20-7-5-6-8-24(4)9-10-27-13-25-12-23-14-15(19)21-11-22-16(14)25/h5-6,11-12H,7-10,13H2,1-4H3,(H,20,26)(H2,19,21,22)/b6-5-. The molecule has 3 N–H and O–H groups in total. The summed E-state index contributed by atoms with van der Waals surface area (Å²) in [5, 5.41) is 2.68. The van der Waals surface area contributed by atoms with Crippen LogP contribution in [-0.4, -0.2) is 69.4 Å². The molecular weight excluding hydrogens is 362 g/mol. The maximum atomic E-state index is 11.5. The van der Waals surface area contributed by atoms with E-state index in [-0.39, 0.29) is 0 Å². The van der Waals surface area contributed by atoms with Crippen molar-refractivity contribution in [3.8, 4) is 0 Å². The van der Waals surface area contributed by atoms with Crippen molar-refractivity contribution in [2.45, 2.75) is 33.1 Å². The third-order valence-electron chi connectivity index (χ3n) is 3.62. The zero-order valence-corrected chi connectivity index (χ0v) is 16.9. The largest absolute Gasteiger partial charge is 0.444 e. The zero-order chi connectivity index (χ0) is 20.6. The highest BCUT2D eigenvalue weighted by molar-refractivity contribution is 5.80. The maximum Gasteiger partial charge on any atom is 0.407 e. The number of ether oxygens (including phenoxy) is 2. The van der Waals surface area contributed by atoms with E-state index in [1.54, 1.807) is 10.9 Å². The molecule has 0 aliphatic heterocycles. The maximum absolute atomic E-state index is 11.5. The Labute approximate surface area is 164 Å². The van der Waals surface area contributed by atoms with Crippen LogP contribution < -0.4 is 11.1 Å². The number of hydrogen-bond donors (Lipinski definition) is 2. The number of carbonyl (C=O) groups is 1. The van der Waals surface area contributed by atoms with Crippen LogP contribution in [0.4, 0.5) is 10.6 Å². The molecule has 10 nitrogen and oxygen atoms in total. The first-order valence-electron chi connectivity index (χ1n) is 9.05. The molecule has 2 aromatic rings. The first kappa shape index (κ1) is 21.6. The number of nitrogens with one attached hydrogen (secondary N) is 1. The van der Waals surface area contributed by atoms with Gasteiger partial charge in [-0.25, -0.2) is 19.7 Å². The van der Waals surface area contributed by atoms with Gasteiger partial charge in [-0.15, -0.1) is 0 Å². The van der Waals surface area contributed by atoms with Crippen molar-refractivity contribution < 1.29 is 14.3 Å². The molecule has 2 rings (SSSR count). The average molecular weight is 391 g/mol. The summed E-state index contributed by atoms with van der Waals surface area (Å²) in [4.78, 5) is 25.9. The number of likely N-dealkylation sites (N-methyl/N-ethyl adjacent to an activating group) is 1. The van der Waals surface area contributed by atoms with Gasteiger partial charge in [0.2, 0.25) is 0 Å². The van der Waals surface area contributed by atoms with Crippen LogP contribution in [-0.2, 0) is 16.2 Å². The van der Waals surface area contributed by atoms with E-state index in [1.165, 1.54) is 6.33 Å². The van der Waals surface area contributed by atoms with E-state index in [4.69, 9.17) is 15.2 Å². The number of nitrogens with two attached hydrogens (primary N) is 1. The summed E-state index contributed by atoms with van der Waals surface area (Å²) in [5.74, 6) is 0.358. The molecule has 28 heavy (non-hydrogen) atoms. The normalized spacial score (nSPS) is 12.2. The fraction of sp³-hybridized carbons (Fsp3) is 0.556. The quantitative estimate of drug-likeness (QED) is 0.486. The second-order valence-corrected chi connectivity index (χ2v) is 7.30. The zero-order valence-electron chi connectivity index (χ0n) is 16.9. The van der Waals surface area contributed by atoms with Gasteiger partial charge in [-0.1, -0.05) is 12.2 Å². The second kappa shape index (κ2) is 10.00. The van der Waals surface area contributed by atoms with Crippen molar-refractivity contribution in [1.29, 1.82) is 0 Å². The summed E-state index contributed by atoms with van der Waals surface area (Å²) in [7, 11) is 2.00. The minimum absolute atomic E-state index is 0.344. The van der Waals surface area contributed by atoms with E-state index < -0.39 is 11.7 Å². The number of nitrogens with zero attached hydrogens (tertiary/aromatic N) is 5. The number of carbonyl (C=O) groups excluding carboxylic acids is 1. The molecule has 0 saturated heterocycles. The molecule has 0 bridgehead atoms. The first-order valence-corrected chi connectivity index (χ1v) is 9.05. The van der Waals surface area contributed by atoms with E-state index in [0.29, 0.717) is 36.9 Å². The number of fused-ring (bicyclic) bond motifs is 1. The lowest BCUT2D eigenvalue weighted by molar-refractivity contribution is 0.0534. The SMILES string of the molecule is CN(C/C=C\CNC(=O)OC(C)(C)C)CCOCn1cnc2c(N)ncnc21. The lowest BCUT2D eigenvalue weighted by Crippen LogP contribution is -2.32. The Balaban J connectivity index is 1.60. The van der Waals surface area contributed by atoms with Gasteiger partial charge in [-0.05, 0) is 27.8 Å². The molecule has 0 fully saturated rings. The number of nitrogen functional groups attached to an aromatic ring is 1. The first-order chi connectivity index (χ1) is 13.3. The topological polar surface area (TPSA) is 120 Å². The minimum atomic E-state index is -0.490. The summed E-state index contributed by atoms with van der Waals surface area (Å²) >= 11 is 0. The lowest BCUT2D eigenvalue weighted by Gasteiger charge is -2.19. The molecule has 0 aromatic carbocycles. The van der Waals surface area contributed by atoms with E-state index in [1.807, 2.05) is 40.0 Å². The van der Waals surface area contributed by atoms with Gasteiger partial charge in [-0.3, -0.25) is 4.57 Å². The summed E-state index contributed by atoms with van der Waals surface area (Å²) < 4.78 is 12.6. The van der Waals surface area contributed by atoms with Gasteiger partial charge < -0.3 is 25.4 Å². The molecule has 1 amide bonds. The third-order valence-corrected chi connectivity index (χ3v) is 3.62. The summed E-state index contributed by atoms with van der Waals surface area (Å²) in [6, 6.07) is 0. The number of alkyl carbamates (subject to hydrolysis) is 1. The summed E-state index contributed by atoms with van der Waals surface area (Å²) in [6.45, 7) is 8.33. The van der Waals surface area contributed by atoms with E-state index in [2.05, 4.69) is 25.2 Å². The van der Waals surface area contributed by atoms with Gasteiger partial charge in [0.15, 0.2) is 11.5 Å². The van der Waals surface area contributed by atoms with E-state index in [0.717, 1.165) is 13.1 Å². The van der Waals surface area contributed by atoms with E-state index >= 15 is 0 Å². The van der Waals surface area contributed by atoms with Crippen molar-refractivity contribution in [2.24, 2.45) is 0 Å². The van der Waals surface area contributed by atoms with Crippen molar-refractivity contribution in [1.82, 2.24) is 29.7 Å². The molecule has 2 aromatic heterocycles. The van der Waals surface area contributed by atoms with Gasteiger partial charge in [0.25, 0.3) is 0 Å². The van der Waals surface area contributed by atoms with Gasteiger partial charge in [0.1, 0.15) is 24.2 Å². The van der Waals surface area contributed by atoms with Crippen LogP contribution in [0.3, 0.4) is 0 Å². The molecule has 0 atom stereocenters. The molecule has 10 heteroatoms. The number of amides is 1. The predicted octanol–water partition coefficient (Wildman–Crippen LogP) is 1.40. The van der Waals surface area contributed by atoms with Crippen molar-refractivity contribution >= 4 is 23.1 Å². The monoisotopic (exact) mass is 391 g/mol. The van der Waals surface area contributed by atoms with Crippen LogP contribution in [0.15, 0.2) is 24.8 Å². The molecule has 0 spiro atoms. The molecule has 0 saturated carbocycles. The Bertz CT molecular complexity index is 798. The third kappa shape index (κ3) is 7.12. The van der Waals surface area contributed by atoms with Gasteiger partial charge in [0.05, 0.1) is 12.9 Å². The summed E-state index contributed by atoms with van der Waals surface area (Å²) in [5.41, 5.74) is 6.51. The van der Waals surface area contributed by atoms with Crippen molar-refractivity contribution in [3.05, 3.63) is 24.8 Å². The molecule has 0 aliphatic carbocycles. The highest BCUT2D eigenvalue weighted by Crippen LogP contribution is 2.13. The van der Waals surface area contributed by atoms with Crippen LogP contribution >= 0.6 is 0 Å². The van der Waals surface area contributed by atoms with Gasteiger partial charge in [0, 0.05) is 19.6 Å². The molecule has 0 radical (unpaired) electrons. The Hall–Kier alpha value is -2.72. The van der Waals surface area contributed by atoms with Crippen LogP contribution in [0.5, 0.6) is 0 Å². The number of anilines is 1. The molecule has 0 unspecified atom stereocenters. The summed E-state index contributed by atoms with van der Waals surface area (Å²) in [6.07, 6.45) is 6.51. The average Bonchev–Trinajstić information content (AvgIpc) is 3.01. The smallest absolute Gasteiger partial charge is 0.407 e. The van der Waals surface area contributed by atoms with Crippen LogP contribution in [0, 0.1) is 0 Å². The molecule has 154 valence electrons.